The Balaban J connectivity index is 1.69. The minimum atomic E-state index is 0.216. The van der Waals surface area contributed by atoms with Crippen LogP contribution in [-0.4, -0.2) is 23.8 Å². The third-order valence-electron chi connectivity index (χ3n) is 3.92. The molecule has 20 heavy (non-hydrogen) atoms. The van der Waals surface area contributed by atoms with E-state index in [2.05, 4.69) is 29.2 Å². The molecule has 0 amide bonds. The number of hydrogen-bond acceptors (Lipinski definition) is 2. The first-order valence-corrected chi connectivity index (χ1v) is 7.11. The van der Waals surface area contributed by atoms with E-state index in [-0.39, 0.29) is 5.78 Å². The number of hydrogen-bond donors (Lipinski definition) is 0. The zero-order valence-corrected chi connectivity index (χ0v) is 11.8. The second-order valence-corrected chi connectivity index (χ2v) is 5.52. The van der Waals surface area contributed by atoms with E-state index < -0.39 is 0 Å². The molecule has 1 aliphatic rings. The van der Waals surface area contributed by atoms with Crippen LogP contribution in [0.5, 0.6) is 0 Å². The molecule has 0 aliphatic carbocycles. The zero-order chi connectivity index (χ0) is 13.9. The molecular weight excluding hydrogens is 246 g/mol. The van der Waals surface area contributed by atoms with Gasteiger partial charge in [-0.1, -0.05) is 48.0 Å². The number of Topliss-reactive ketones (excluding diaryl/α,β-unsaturated/α-hetero) is 1. The Kier molecular flexibility index (Phi) is 3.66. The predicted octanol–water partition coefficient (Wildman–Crippen LogP) is 3.24. The molecule has 2 aromatic rings. The highest BCUT2D eigenvalue weighted by atomic mass is 16.1. The molecule has 2 nitrogen and oxygen atoms in total. The maximum absolute atomic E-state index is 12.3. The normalized spacial score (nSPS) is 14.8. The van der Waals surface area contributed by atoms with Crippen molar-refractivity contribution in [3.8, 4) is 0 Å². The summed E-state index contributed by atoms with van der Waals surface area (Å²) in [4.78, 5) is 14.6. The van der Waals surface area contributed by atoms with E-state index in [1.54, 1.807) is 0 Å². The van der Waals surface area contributed by atoms with Gasteiger partial charge in [-0.15, -0.1) is 0 Å². The van der Waals surface area contributed by atoms with E-state index >= 15 is 0 Å². The summed E-state index contributed by atoms with van der Waals surface area (Å²) in [5, 5.41) is 0. The second kappa shape index (κ2) is 5.59. The van der Waals surface area contributed by atoms with Gasteiger partial charge in [0.1, 0.15) is 0 Å². The van der Waals surface area contributed by atoms with Crippen LogP contribution in [0.1, 0.15) is 27.0 Å². The van der Waals surface area contributed by atoms with Crippen molar-refractivity contribution in [3.05, 3.63) is 70.8 Å². The highest BCUT2D eigenvalue weighted by Crippen LogP contribution is 2.18. The first-order chi connectivity index (χ1) is 9.72. The average Bonchev–Trinajstić information content (AvgIpc) is 2.47. The number of ketones is 1. The Hall–Kier alpha value is -1.93. The van der Waals surface area contributed by atoms with Gasteiger partial charge in [-0.25, -0.2) is 0 Å². The van der Waals surface area contributed by atoms with Crippen molar-refractivity contribution < 1.29 is 4.79 Å². The van der Waals surface area contributed by atoms with Crippen LogP contribution in [0, 0.1) is 6.92 Å². The van der Waals surface area contributed by atoms with E-state index in [0.717, 1.165) is 30.6 Å². The largest absolute Gasteiger partial charge is 0.293 e. The van der Waals surface area contributed by atoms with E-state index in [1.165, 1.54) is 11.1 Å². The van der Waals surface area contributed by atoms with E-state index in [1.807, 2.05) is 31.2 Å². The van der Waals surface area contributed by atoms with Gasteiger partial charge in [0.15, 0.2) is 5.78 Å². The third kappa shape index (κ3) is 2.81. The summed E-state index contributed by atoms with van der Waals surface area (Å²) >= 11 is 0. The quantitative estimate of drug-likeness (QED) is 0.794. The lowest BCUT2D eigenvalue weighted by molar-refractivity contribution is 0.0921. The summed E-state index contributed by atoms with van der Waals surface area (Å²) in [6, 6.07) is 16.4. The van der Waals surface area contributed by atoms with Crippen molar-refractivity contribution in [1.82, 2.24) is 4.90 Å². The summed E-state index contributed by atoms with van der Waals surface area (Å²) in [5.41, 5.74) is 4.74. The number of carbonyl (C=O) groups is 1. The monoisotopic (exact) mass is 265 g/mol. The predicted molar refractivity (Wildman–Crippen MR) is 80.9 cm³/mol. The van der Waals surface area contributed by atoms with Crippen molar-refractivity contribution in [1.29, 1.82) is 0 Å². The van der Waals surface area contributed by atoms with Crippen molar-refractivity contribution in [2.45, 2.75) is 19.9 Å². The minimum absolute atomic E-state index is 0.216. The van der Waals surface area contributed by atoms with Crippen LogP contribution in [0.3, 0.4) is 0 Å². The minimum Gasteiger partial charge on any atom is -0.293 e. The molecule has 0 fully saturated rings. The number of rotatable bonds is 3. The average molecular weight is 265 g/mol. The lowest BCUT2D eigenvalue weighted by atomic mass is 9.99. The van der Waals surface area contributed by atoms with Gasteiger partial charge in [0.2, 0.25) is 0 Å². The van der Waals surface area contributed by atoms with Crippen LogP contribution >= 0.6 is 0 Å². The van der Waals surface area contributed by atoms with Gasteiger partial charge in [0.05, 0.1) is 6.54 Å². The van der Waals surface area contributed by atoms with Crippen LogP contribution in [0.2, 0.25) is 0 Å². The van der Waals surface area contributed by atoms with Crippen molar-refractivity contribution in [3.63, 3.8) is 0 Å². The highest BCUT2D eigenvalue weighted by Gasteiger charge is 2.18. The molecule has 3 rings (SSSR count). The summed E-state index contributed by atoms with van der Waals surface area (Å²) in [5.74, 6) is 0.216. The number of fused-ring (bicyclic) bond motifs is 1. The molecule has 1 aliphatic heterocycles. The van der Waals surface area contributed by atoms with E-state index in [9.17, 15) is 4.79 Å². The third-order valence-corrected chi connectivity index (χ3v) is 3.92. The van der Waals surface area contributed by atoms with Gasteiger partial charge >= 0.3 is 0 Å². The van der Waals surface area contributed by atoms with Gasteiger partial charge in [-0.3, -0.25) is 9.69 Å². The van der Waals surface area contributed by atoms with Gasteiger partial charge in [0.25, 0.3) is 0 Å². The molecule has 102 valence electrons. The molecule has 0 atom stereocenters. The Bertz CT molecular complexity index is 633. The first kappa shape index (κ1) is 13.1. The van der Waals surface area contributed by atoms with Crippen LogP contribution < -0.4 is 0 Å². The second-order valence-electron chi connectivity index (χ2n) is 5.52. The van der Waals surface area contributed by atoms with Crippen LogP contribution in [-0.2, 0) is 13.0 Å². The number of benzene rings is 2. The van der Waals surface area contributed by atoms with Crippen LogP contribution in [0.25, 0.3) is 0 Å². The van der Waals surface area contributed by atoms with E-state index in [4.69, 9.17) is 0 Å². The fourth-order valence-corrected chi connectivity index (χ4v) is 2.80. The maximum atomic E-state index is 12.3. The Morgan fingerprint density at radius 2 is 1.90 bits per heavy atom. The van der Waals surface area contributed by atoms with E-state index in [0.29, 0.717) is 6.54 Å². The topological polar surface area (TPSA) is 20.3 Å². The molecule has 2 aromatic carbocycles. The van der Waals surface area contributed by atoms with Crippen molar-refractivity contribution in [2.75, 3.05) is 13.1 Å². The Labute approximate surface area is 120 Å². The van der Waals surface area contributed by atoms with Gasteiger partial charge < -0.3 is 0 Å². The maximum Gasteiger partial charge on any atom is 0.176 e. The molecule has 0 bridgehead atoms. The summed E-state index contributed by atoms with van der Waals surface area (Å²) < 4.78 is 0. The van der Waals surface area contributed by atoms with Crippen LogP contribution in [0.4, 0.5) is 0 Å². The molecule has 2 heteroatoms. The number of aryl methyl sites for hydroxylation is 1. The lowest BCUT2D eigenvalue weighted by Gasteiger charge is -2.28. The zero-order valence-electron chi connectivity index (χ0n) is 11.8. The smallest absolute Gasteiger partial charge is 0.176 e. The number of nitrogens with zero attached hydrogens (tertiary/aromatic N) is 1. The van der Waals surface area contributed by atoms with Gasteiger partial charge in [-0.05, 0) is 30.5 Å². The molecule has 0 unspecified atom stereocenters. The Morgan fingerprint density at radius 3 is 2.70 bits per heavy atom. The Morgan fingerprint density at radius 1 is 1.10 bits per heavy atom. The van der Waals surface area contributed by atoms with Gasteiger partial charge in [0, 0.05) is 18.7 Å². The summed E-state index contributed by atoms with van der Waals surface area (Å²) in [6.45, 7) is 4.38. The number of carbonyl (C=O) groups excluding carboxylic acids is 1. The lowest BCUT2D eigenvalue weighted by Crippen LogP contribution is -2.34. The van der Waals surface area contributed by atoms with Crippen molar-refractivity contribution >= 4 is 5.78 Å². The SMILES string of the molecule is Cc1cccc(C(=O)CN2CCc3ccccc3C2)c1. The van der Waals surface area contributed by atoms with Crippen molar-refractivity contribution in [2.24, 2.45) is 0 Å². The fraction of sp³-hybridized carbons (Fsp3) is 0.278. The highest BCUT2D eigenvalue weighted by molar-refractivity contribution is 5.97. The molecule has 0 spiro atoms. The summed E-state index contributed by atoms with van der Waals surface area (Å²) in [6.07, 6.45) is 1.04. The molecule has 0 aromatic heterocycles. The molecule has 0 saturated heterocycles. The molecular formula is C18H19NO. The molecule has 0 radical (unpaired) electrons. The molecule has 0 N–H and O–H groups in total. The first-order valence-electron chi connectivity index (χ1n) is 7.11. The van der Waals surface area contributed by atoms with Crippen LogP contribution in [0.15, 0.2) is 48.5 Å². The fourth-order valence-electron chi connectivity index (χ4n) is 2.80. The molecule has 0 saturated carbocycles. The van der Waals surface area contributed by atoms with Gasteiger partial charge in [-0.2, -0.15) is 0 Å². The standard InChI is InChI=1S/C18H19NO/c1-14-5-4-8-16(11-14)18(20)13-19-10-9-15-6-2-3-7-17(15)12-19/h2-8,11H,9-10,12-13H2,1H3. The summed E-state index contributed by atoms with van der Waals surface area (Å²) in [7, 11) is 0. The molecule has 1 heterocycles.